The molecule has 0 aliphatic carbocycles. The number of hydrogen-bond acceptors (Lipinski definition) is 3. The van der Waals surface area contributed by atoms with Crippen molar-refractivity contribution in [2.24, 2.45) is 7.05 Å². The summed E-state index contributed by atoms with van der Waals surface area (Å²) in [5.41, 5.74) is 1.03. The highest BCUT2D eigenvalue weighted by molar-refractivity contribution is 5.35. The fourth-order valence-corrected chi connectivity index (χ4v) is 2.15. The van der Waals surface area contributed by atoms with Crippen LogP contribution in [0.1, 0.15) is 11.6 Å². The minimum absolute atomic E-state index is 0.0184. The van der Waals surface area contributed by atoms with E-state index in [2.05, 4.69) is 5.32 Å². The zero-order valence-electron chi connectivity index (χ0n) is 11.5. The van der Waals surface area contributed by atoms with Crippen molar-refractivity contribution in [3.63, 3.8) is 0 Å². The van der Waals surface area contributed by atoms with E-state index < -0.39 is 0 Å². The van der Waals surface area contributed by atoms with Gasteiger partial charge in [0, 0.05) is 31.5 Å². The van der Waals surface area contributed by atoms with Crippen molar-refractivity contribution in [2.45, 2.75) is 12.6 Å². The normalized spacial score (nSPS) is 12.4. The minimum Gasteiger partial charge on any atom is -0.496 e. The predicted octanol–water partition coefficient (Wildman–Crippen LogP) is 1.16. The average Bonchev–Trinajstić information content (AvgIpc) is 2.76. The molecule has 102 valence electrons. The summed E-state index contributed by atoms with van der Waals surface area (Å²) < 4.78 is 8.62. The monoisotopic (exact) mass is 261 g/mol. The van der Waals surface area contributed by atoms with Gasteiger partial charge in [-0.05, 0) is 13.1 Å². The van der Waals surface area contributed by atoms with Crippen LogP contribution in [0.3, 0.4) is 0 Å². The molecule has 0 radical (unpaired) electrons. The third-order valence-corrected chi connectivity index (χ3v) is 3.26. The van der Waals surface area contributed by atoms with E-state index in [1.165, 1.54) is 0 Å². The summed E-state index contributed by atoms with van der Waals surface area (Å²) in [6.07, 6.45) is 3.55. The summed E-state index contributed by atoms with van der Waals surface area (Å²) in [4.78, 5) is 11.9. The molecule has 0 aliphatic heterocycles. The maximum atomic E-state index is 11.9. The Labute approximate surface area is 112 Å². The zero-order chi connectivity index (χ0) is 13.8. The van der Waals surface area contributed by atoms with Crippen molar-refractivity contribution in [3.05, 3.63) is 52.7 Å². The molecule has 1 unspecified atom stereocenters. The lowest BCUT2D eigenvalue weighted by Gasteiger charge is -2.19. The number of likely N-dealkylation sites (N-methyl/N-ethyl adjacent to an activating group) is 1. The number of aryl methyl sites for hydroxylation is 1. The summed E-state index contributed by atoms with van der Waals surface area (Å²) in [5.74, 6) is 0.825. The third kappa shape index (κ3) is 2.71. The lowest BCUT2D eigenvalue weighted by Crippen LogP contribution is -2.29. The number of aromatic nitrogens is 2. The van der Waals surface area contributed by atoms with Crippen LogP contribution in [0.2, 0.25) is 0 Å². The average molecular weight is 261 g/mol. The lowest BCUT2D eigenvalue weighted by atomic mass is 10.1. The van der Waals surface area contributed by atoms with Crippen LogP contribution in [0, 0.1) is 0 Å². The van der Waals surface area contributed by atoms with Gasteiger partial charge in [-0.3, -0.25) is 4.57 Å². The molecule has 0 saturated heterocycles. The first kappa shape index (κ1) is 13.4. The molecule has 1 atom stereocenters. The van der Waals surface area contributed by atoms with Crippen LogP contribution in [0.4, 0.5) is 0 Å². The molecule has 0 saturated carbocycles. The fourth-order valence-electron chi connectivity index (χ4n) is 2.15. The maximum Gasteiger partial charge on any atom is 0.327 e. The summed E-state index contributed by atoms with van der Waals surface area (Å²) in [7, 11) is 5.28. The van der Waals surface area contributed by atoms with E-state index in [0.29, 0.717) is 6.54 Å². The van der Waals surface area contributed by atoms with Gasteiger partial charge in [-0.15, -0.1) is 0 Å². The topological polar surface area (TPSA) is 48.2 Å². The summed E-state index contributed by atoms with van der Waals surface area (Å²) in [6, 6.07) is 7.86. The molecule has 0 aliphatic rings. The molecule has 5 heteroatoms. The first-order valence-corrected chi connectivity index (χ1v) is 6.19. The van der Waals surface area contributed by atoms with E-state index in [-0.39, 0.29) is 11.7 Å². The standard InChI is InChI=1S/C14H19N3O2/c1-15-12(10-17-9-8-16(2)14(17)18)11-6-4-5-7-13(11)19-3/h4-9,12,15H,10H2,1-3H3. The van der Waals surface area contributed by atoms with E-state index in [1.807, 2.05) is 31.3 Å². The number of ether oxygens (including phenoxy) is 1. The molecule has 1 heterocycles. The lowest BCUT2D eigenvalue weighted by molar-refractivity contribution is 0.393. The van der Waals surface area contributed by atoms with Gasteiger partial charge in [-0.25, -0.2) is 4.79 Å². The molecule has 19 heavy (non-hydrogen) atoms. The number of methoxy groups -OCH3 is 1. The quantitative estimate of drug-likeness (QED) is 0.878. The van der Waals surface area contributed by atoms with Crippen LogP contribution in [-0.4, -0.2) is 23.3 Å². The van der Waals surface area contributed by atoms with Gasteiger partial charge >= 0.3 is 5.69 Å². The Morgan fingerprint density at radius 3 is 2.63 bits per heavy atom. The van der Waals surface area contributed by atoms with Crippen molar-refractivity contribution >= 4 is 0 Å². The van der Waals surface area contributed by atoms with Gasteiger partial charge in [0.25, 0.3) is 0 Å². The Kier molecular flexibility index (Phi) is 4.06. The number of imidazole rings is 1. The Morgan fingerprint density at radius 1 is 1.32 bits per heavy atom. The first-order valence-electron chi connectivity index (χ1n) is 6.19. The number of nitrogens with zero attached hydrogens (tertiary/aromatic N) is 2. The molecule has 0 bridgehead atoms. The third-order valence-electron chi connectivity index (χ3n) is 3.26. The van der Waals surface area contributed by atoms with E-state index in [4.69, 9.17) is 4.74 Å². The highest BCUT2D eigenvalue weighted by Gasteiger charge is 2.15. The van der Waals surface area contributed by atoms with E-state index >= 15 is 0 Å². The summed E-state index contributed by atoms with van der Waals surface area (Å²) in [6.45, 7) is 0.566. The number of benzene rings is 1. The highest BCUT2D eigenvalue weighted by Crippen LogP contribution is 2.25. The molecule has 1 aromatic heterocycles. The molecular weight excluding hydrogens is 242 g/mol. The van der Waals surface area contributed by atoms with Gasteiger partial charge in [-0.2, -0.15) is 0 Å². The second kappa shape index (κ2) is 5.75. The van der Waals surface area contributed by atoms with Gasteiger partial charge in [0.15, 0.2) is 0 Å². The number of nitrogens with one attached hydrogen (secondary N) is 1. The Bertz CT molecular complexity index is 601. The minimum atomic E-state index is -0.0184. The van der Waals surface area contributed by atoms with Crippen molar-refractivity contribution in [2.75, 3.05) is 14.2 Å². The van der Waals surface area contributed by atoms with Crippen molar-refractivity contribution in [1.82, 2.24) is 14.5 Å². The van der Waals surface area contributed by atoms with Crippen LogP contribution in [0.5, 0.6) is 5.75 Å². The summed E-state index contributed by atoms with van der Waals surface area (Å²) >= 11 is 0. The van der Waals surface area contributed by atoms with Crippen LogP contribution in [0.25, 0.3) is 0 Å². The van der Waals surface area contributed by atoms with E-state index in [1.54, 1.807) is 35.7 Å². The number of hydrogen-bond donors (Lipinski definition) is 1. The largest absolute Gasteiger partial charge is 0.496 e. The van der Waals surface area contributed by atoms with Gasteiger partial charge in [-0.1, -0.05) is 18.2 Å². The van der Waals surface area contributed by atoms with Crippen LogP contribution in [-0.2, 0) is 13.6 Å². The zero-order valence-corrected chi connectivity index (χ0v) is 11.5. The van der Waals surface area contributed by atoms with Crippen LogP contribution < -0.4 is 15.7 Å². The van der Waals surface area contributed by atoms with Gasteiger partial charge < -0.3 is 14.6 Å². The van der Waals surface area contributed by atoms with Gasteiger partial charge in [0.2, 0.25) is 0 Å². The van der Waals surface area contributed by atoms with Crippen LogP contribution >= 0.6 is 0 Å². The molecule has 0 spiro atoms. The first-order chi connectivity index (χ1) is 9.17. The SMILES string of the molecule is CNC(Cn1ccn(C)c1=O)c1ccccc1OC. The fraction of sp³-hybridized carbons (Fsp3) is 0.357. The number of rotatable bonds is 5. The Hall–Kier alpha value is -2.01. The molecule has 2 rings (SSSR count). The molecule has 1 N–H and O–H groups in total. The molecular formula is C14H19N3O2. The summed E-state index contributed by atoms with van der Waals surface area (Å²) in [5, 5.41) is 3.23. The number of para-hydroxylation sites is 1. The smallest absolute Gasteiger partial charge is 0.327 e. The van der Waals surface area contributed by atoms with Crippen LogP contribution in [0.15, 0.2) is 41.5 Å². The Balaban J connectivity index is 2.30. The van der Waals surface area contributed by atoms with Crippen molar-refractivity contribution < 1.29 is 4.74 Å². The van der Waals surface area contributed by atoms with Gasteiger partial charge in [0.1, 0.15) is 5.75 Å². The molecule has 2 aromatic rings. The predicted molar refractivity (Wildman–Crippen MR) is 74.5 cm³/mol. The second-order valence-corrected chi connectivity index (χ2v) is 4.43. The second-order valence-electron chi connectivity index (χ2n) is 4.43. The van der Waals surface area contributed by atoms with E-state index in [9.17, 15) is 4.79 Å². The molecule has 5 nitrogen and oxygen atoms in total. The maximum absolute atomic E-state index is 11.9. The van der Waals surface area contributed by atoms with E-state index in [0.717, 1.165) is 11.3 Å². The highest BCUT2D eigenvalue weighted by atomic mass is 16.5. The Morgan fingerprint density at radius 2 is 2.05 bits per heavy atom. The van der Waals surface area contributed by atoms with Crippen molar-refractivity contribution in [1.29, 1.82) is 0 Å². The van der Waals surface area contributed by atoms with Crippen molar-refractivity contribution in [3.8, 4) is 5.75 Å². The van der Waals surface area contributed by atoms with Gasteiger partial charge in [0.05, 0.1) is 13.2 Å². The molecule has 1 aromatic carbocycles. The molecule has 0 fully saturated rings. The molecule has 0 amide bonds.